The van der Waals surface area contributed by atoms with Crippen molar-refractivity contribution in [3.05, 3.63) is 53.8 Å². The molecule has 1 atom stereocenters. The highest BCUT2D eigenvalue weighted by atomic mass is 19.1. The Kier molecular flexibility index (Phi) is 4.87. The van der Waals surface area contributed by atoms with Crippen LogP contribution in [0.1, 0.15) is 32.4 Å². The van der Waals surface area contributed by atoms with Gasteiger partial charge >= 0.3 is 0 Å². The standard InChI is InChI=1S/C19H23FO2/c1-19(2,3)18(22-5)15-9-7-6-8-14(15)16-12-13(21-4)10-11-17(16)20/h6-12,18H,1-5H3. The fourth-order valence-corrected chi connectivity index (χ4v) is 2.76. The van der Waals surface area contributed by atoms with Crippen molar-refractivity contribution in [1.29, 1.82) is 0 Å². The Hall–Kier alpha value is -1.87. The summed E-state index contributed by atoms with van der Waals surface area (Å²) in [5, 5.41) is 0. The lowest BCUT2D eigenvalue weighted by atomic mass is 9.81. The number of hydrogen-bond acceptors (Lipinski definition) is 2. The van der Waals surface area contributed by atoms with Gasteiger partial charge in [0.2, 0.25) is 0 Å². The second-order valence-electron chi connectivity index (χ2n) is 6.41. The first-order chi connectivity index (χ1) is 10.4. The van der Waals surface area contributed by atoms with Crippen LogP contribution in [0.2, 0.25) is 0 Å². The van der Waals surface area contributed by atoms with Crippen molar-refractivity contribution in [2.75, 3.05) is 14.2 Å². The van der Waals surface area contributed by atoms with Crippen LogP contribution in [-0.2, 0) is 4.74 Å². The maximum absolute atomic E-state index is 14.3. The Morgan fingerprint density at radius 3 is 2.23 bits per heavy atom. The van der Waals surface area contributed by atoms with Crippen LogP contribution >= 0.6 is 0 Å². The normalized spacial score (nSPS) is 13.0. The quantitative estimate of drug-likeness (QED) is 0.769. The van der Waals surface area contributed by atoms with Crippen LogP contribution in [0.3, 0.4) is 0 Å². The Labute approximate surface area is 131 Å². The van der Waals surface area contributed by atoms with Crippen LogP contribution in [0.5, 0.6) is 5.75 Å². The average Bonchev–Trinajstić information content (AvgIpc) is 2.48. The van der Waals surface area contributed by atoms with Crippen molar-refractivity contribution in [2.45, 2.75) is 26.9 Å². The molecule has 22 heavy (non-hydrogen) atoms. The van der Waals surface area contributed by atoms with E-state index in [1.165, 1.54) is 6.07 Å². The molecule has 2 rings (SSSR count). The molecule has 0 spiro atoms. The molecule has 2 nitrogen and oxygen atoms in total. The summed E-state index contributed by atoms with van der Waals surface area (Å²) in [6, 6.07) is 12.6. The van der Waals surface area contributed by atoms with Crippen molar-refractivity contribution in [3.63, 3.8) is 0 Å². The molecule has 118 valence electrons. The lowest BCUT2D eigenvalue weighted by molar-refractivity contribution is 0.0156. The number of hydrogen-bond donors (Lipinski definition) is 0. The van der Waals surface area contributed by atoms with Crippen LogP contribution < -0.4 is 4.74 Å². The molecule has 3 heteroatoms. The van der Waals surface area contributed by atoms with E-state index in [-0.39, 0.29) is 17.3 Å². The monoisotopic (exact) mass is 302 g/mol. The first kappa shape index (κ1) is 16.5. The van der Waals surface area contributed by atoms with Crippen LogP contribution in [0.15, 0.2) is 42.5 Å². The van der Waals surface area contributed by atoms with E-state index in [9.17, 15) is 4.39 Å². The van der Waals surface area contributed by atoms with Crippen LogP contribution in [-0.4, -0.2) is 14.2 Å². The highest BCUT2D eigenvalue weighted by Crippen LogP contribution is 2.41. The molecule has 0 bridgehead atoms. The van der Waals surface area contributed by atoms with Crippen LogP contribution in [0.4, 0.5) is 4.39 Å². The summed E-state index contributed by atoms with van der Waals surface area (Å²) in [5.74, 6) is 0.368. The molecule has 0 N–H and O–H groups in total. The fourth-order valence-electron chi connectivity index (χ4n) is 2.76. The number of rotatable bonds is 4. The molecule has 0 saturated carbocycles. The van der Waals surface area contributed by atoms with Gasteiger partial charge in [-0.15, -0.1) is 0 Å². The summed E-state index contributed by atoms with van der Waals surface area (Å²) in [4.78, 5) is 0. The minimum Gasteiger partial charge on any atom is -0.497 e. The fraction of sp³-hybridized carbons (Fsp3) is 0.368. The van der Waals surface area contributed by atoms with Crippen LogP contribution in [0.25, 0.3) is 11.1 Å². The third kappa shape index (κ3) is 3.30. The molecule has 0 aliphatic heterocycles. The van der Waals surface area contributed by atoms with Gasteiger partial charge in [0.1, 0.15) is 11.6 Å². The minimum atomic E-state index is -0.267. The molecule has 0 fully saturated rings. The van der Waals surface area contributed by atoms with E-state index in [0.717, 1.165) is 11.1 Å². The largest absolute Gasteiger partial charge is 0.497 e. The number of halogens is 1. The van der Waals surface area contributed by atoms with E-state index in [1.807, 2.05) is 24.3 Å². The van der Waals surface area contributed by atoms with Gasteiger partial charge in [0.05, 0.1) is 13.2 Å². The van der Waals surface area contributed by atoms with E-state index < -0.39 is 0 Å². The first-order valence-corrected chi connectivity index (χ1v) is 7.34. The maximum atomic E-state index is 14.3. The summed E-state index contributed by atoms with van der Waals surface area (Å²) < 4.78 is 25.3. The molecule has 0 radical (unpaired) electrons. The topological polar surface area (TPSA) is 18.5 Å². The molecule has 1 unspecified atom stereocenters. The lowest BCUT2D eigenvalue weighted by Crippen LogP contribution is -2.20. The molecular weight excluding hydrogens is 279 g/mol. The second-order valence-corrected chi connectivity index (χ2v) is 6.41. The molecule has 0 aliphatic rings. The summed E-state index contributed by atoms with van der Waals surface area (Å²) in [7, 11) is 3.27. The van der Waals surface area contributed by atoms with Crippen molar-refractivity contribution in [2.24, 2.45) is 5.41 Å². The number of methoxy groups -OCH3 is 2. The van der Waals surface area contributed by atoms with Gasteiger partial charge in [0.25, 0.3) is 0 Å². The Balaban J connectivity index is 2.63. The number of benzene rings is 2. The summed E-state index contributed by atoms with van der Waals surface area (Å²) in [6.45, 7) is 6.33. The highest BCUT2D eigenvalue weighted by Gasteiger charge is 2.28. The minimum absolute atomic E-state index is 0.0970. The molecule has 0 aliphatic carbocycles. The third-order valence-corrected chi connectivity index (χ3v) is 3.73. The van der Waals surface area contributed by atoms with E-state index in [0.29, 0.717) is 11.3 Å². The maximum Gasteiger partial charge on any atom is 0.131 e. The van der Waals surface area contributed by atoms with Gasteiger partial charge in [-0.2, -0.15) is 0 Å². The highest BCUT2D eigenvalue weighted by molar-refractivity contribution is 5.70. The molecule has 2 aromatic rings. The smallest absolute Gasteiger partial charge is 0.131 e. The van der Waals surface area contributed by atoms with E-state index in [1.54, 1.807) is 26.4 Å². The van der Waals surface area contributed by atoms with Crippen molar-refractivity contribution in [1.82, 2.24) is 0 Å². The van der Waals surface area contributed by atoms with Crippen molar-refractivity contribution >= 4 is 0 Å². The van der Waals surface area contributed by atoms with E-state index in [4.69, 9.17) is 9.47 Å². The van der Waals surface area contributed by atoms with Crippen molar-refractivity contribution in [3.8, 4) is 16.9 Å². The Bertz CT molecular complexity index is 644. The molecule has 0 heterocycles. The average molecular weight is 302 g/mol. The summed E-state index contributed by atoms with van der Waals surface area (Å²) in [5.41, 5.74) is 2.24. The summed E-state index contributed by atoms with van der Waals surface area (Å²) >= 11 is 0. The van der Waals surface area contributed by atoms with Gasteiger partial charge in [0.15, 0.2) is 0 Å². The summed E-state index contributed by atoms with van der Waals surface area (Å²) in [6.07, 6.45) is -0.130. The second kappa shape index (κ2) is 6.49. The van der Waals surface area contributed by atoms with Crippen molar-refractivity contribution < 1.29 is 13.9 Å². The zero-order valence-corrected chi connectivity index (χ0v) is 13.8. The van der Waals surface area contributed by atoms with E-state index >= 15 is 0 Å². The van der Waals surface area contributed by atoms with Gasteiger partial charge in [-0.3, -0.25) is 0 Å². The first-order valence-electron chi connectivity index (χ1n) is 7.34. The molecule has 0 amide bonds. The van der Waals surface area contributed by atoms with Gasteiger partial charge in [-0.25, -0.2) is 4.39 Å². The van der Waals surface area contributed by atoms with Gasteiger partial charge in [-0.1, -0.05) is 45.0 Å². The van der Waals surface area contributed by atoms with Gasteiger partial charge in [-0.05, 0) is 34.7 Å². The number of ether oxygens (including phenoxy) is 2. The van der Waals surface area contributed by atoms with E-state index in [2.05, 4.69) is 20.8 Å². The SMILES string of the molecule is COc1ccc(F)c(-c2ccccc2C(OC)C(C)(C)C)c1. The molecule has 0 aromatic heterocycles. The molecule has 2 aromatic carbocycles. The lowest BCUT2D eigenvalue weighted by Gasteiger charge is -2.31. The predicted octanol–water partition coefficient (Wildman–Crippen LogP) is 5.23. The predicted molar refractivity (Wildman–Crippen MR) is 87.6 cm³/mol. The Morgan fingerprint density at radius 2 is 1.64 bits per heavy atom. The van der Waals surface area contributed by atoms with Gasteiger partial charge in [0, 0.05) is 12.7 Å². The Morgan fingerprint density at radius 1 is 0.955 bits per heavy atom. The van der Waals surface area contributed by atoms with Crippen LogP contribution in [0, 0.1) is 11.2 Å². The molecule has 0 saturated heterocycles. The third-order valence-electron chi connectivity index (χ3n) is 3.73. The molecular formula is C19H23FO2. The zero-order valence-electron chi connectivity index (χ0n) is 13.8. The van der Waals surface area contributed by atoms with Gasteiger partial charge < -0.3 is 9.47 Å². The zero-order chi connectivity index (χ0) is 16.3.